The minimum atomic E-state index is -0.893. The summed E-state index contributed by atoms with van der Waals surface area (Å²) in [7, 11) is 0. The van der Waals surface area contributed by atoms with Gasteiger partial charge in [-0.2, -0.15) is 0 Å². The van der Waals surface area contributed by atoms with E-state index in [0.717, 1.165) is 17.7 Å². The Kier molecular flexibility index (Phi) is 7.75. The average Bonchev–Trinajstić information content (AvgIpc) is 3.29. The monoisotopic (exact) mass is 405 g/mol. The Balaban J connectivity index is 1.58. The number of Topliss-reactive ketones (excluding diaryl/α,β-unsaturated/α-hetero) is 1. The van der Waals surface area contributed by atoms with Crippen LogP contribution < -0.4 is 11.1 Å². The number of aliphatic hydroxyl groups excluding tert-OH is 1. The fourth-order valence-corrected chi connectivity index (χ4v) is 3.36. The Hall–Kier alpha value is -2.98. The van der Waals surface area contributed by atoms with Crippen molar-refractivity contribution in [1.29, 1.82) is 0 Å². The van der Waals surface area contributed by atoms with Crippen LogP contribution in [-0.4, -0.2) is 54.0 Å². The first-order chi connectivity index (χ1) is 14.6. The quantitative estimate of drug-likeness (QED) is 0.604. The van der Waals surface area contributed by atoms with Gasteiger partial charge in [0.15, 0.2) is 5.78 Å². The minimum Gasteiger partial charge on any atom is -0.388 e. The molecule has 3 rings (SSSR count). The Morgan fingerprint density at radius 2 is 1.57 bits per heavy atom. The third kappa shape index (κ3) is 6.01. The van der Waals surface area contributed by atoms with E-state index in [1.54, 1.807) is 24.3 Å². The molecule has 1 heterocycles. The summed E-state index contributed by atoms with van der Waals surface area (Å²) in [5.74, 6) is 5.31. The number of likely N-dealkylation sites (tertiary alicyclic amines) is 1. The Bertz CT molecular complexity index is 921. The Morgan fingerprint density at radius 3 is 2.10 bits per heavy atom. The predicted octanol–water partition coefficient (Wildman–Crippen LogP) is 1.30. The molecule has 0 radical (unpaired) electrons. The smallest absolute Gasteiger partial charge is 0.251 e. The van der Waals surface area contributed by atoms with E-state index in [1.807, 2.05) is 12.1 Å². The van der Waals surface area contributed by atoms with Crippen molar-refractivity contribution >= 4 is 11.7 Å². The lowest BCUT2D eigenvalue weighted by molar-refractivity contribution is -0.123. The van der Waals surface area contributed by atoms with Crippen molar-refractivity contribution in [2.75, 3.05) is 26.2 Å². The van der Waals surface area contributed by atoms with Crippen LogP contribution in [0.25, 0.3) is 0 Å². The minimum absolute atomic E-state index is 0.0640. The van der Waals surface area contributed by atoms with Crippen LogP contribution in [0.2, 0.25) is 0 Å². The molecule has 0 bridgehead atoms. The van der Waals surface area contributed by atoms with Crippen LogP contribution in [0.15, 0.2) is 48.5 Å². The van der Waals surface area contributed by atoms with Crippen molar-refractivity contribution in [2.24, 2.45) is 5.73 Å². The summed E-state index contributed by atoms with van der Waals surface area (Å²) < 4.78 is 0. The lowest BCUT2D eigenvalue weighted by Crippen LogP contribution is -2.46. The number of carbonyl (C=O) groups excluding carboxylic acids is 2. The van der Waals surface area contributed by atoms with Crippen molar-refractivity contribution in [3.8, 4) is 11.8 Å². The zero-order valence-electron chi connectivity index (χ0n) is 16.9. The fourth-order valence-electron chi connectivity index (χ4n) is 3.36. The lowest BCUT2D eigenvalue weighted by atomic mass is 10.1. The maximum absolute atomic E-state index is 12.2. The maximum atomic E-state index is 12.2. The van der Waals surface area contributed by atoms with Gasteiger partial charge in [-0.05, 0) is 67.9 Å². The van der Waals surface area contributed by atoms with E-state index in [-0.39, 0.29) is 6.54 Å². The van der Waals surface area contributed by atoms with Gasteiger partial charge < -0.3 is 16.2 Å². The number of aliphatic hydroxyl groups is 1. The molecule has 2 aromatic carbocycles. The van der Waals surface area contributed by atoms with Gasteiger partial charge in [-0.25, -0.2) is 0 Å². The van der Waals surface area contributed by atoms with Crippen molar-refractivity contribution in [1.82, 2.24) is 10.2 Å². The zero-order valence-corrected chi connectivity index (χ0v) is 16.9. The van der Waals surface area contributed by atoms with Crippen LogP contribution in [0.3, 0.4) is 0 Å². The van der Waals surface area contributed by atoms with Crippen molar-refractivity contribution < 1.29 is 14.7 Å². The largest absolute Gasteiger partial charge is 0.388 e. The van der Waals surface area contributed by atoms with Gasteiger partial charge in [0.2, 0.25) is 0 Å². The third-order valence-electron chi connectivity index (χ3n) is 5.14. The molecule has 1 aliphatic rings. The van der Waals surface area contributed by atoms with Gasteiger partial charge in [0, 0.05) is 29.8 Å². The van der Waals surface area contributed by atoms with E-state index in [0.29, 0.717) is 5.56 Å². The molecule has 0 aromatic heterocycles. The van der Waals surface area contributed by atoms with Gasteiger partial charge in [0.25, 0.3) is 5.91 Å². The summed E-state index contributed by atoms with van der Waals surface area (Å²) in [6.45, 7) is 2.63. The average molecular weight is 405 g/mol. The van der Waals surface area contributed by atoms with Crippen molar-refractivity contribution in [2.45, 2.75) is 25.4 Å². The van der Waals surface area contributed by atoms with Crippen LogP contribution in [0.1, 0.15) is 39.9 Å². The maximum Gasteiger partial charge on any atom is 0.251 e. The standard InChI is InChI=1S/C24H27N3O3/c25-15-22(23(29)17-28)26-24(30)21-11-9-19(10-12-21)4-3-18-5-7-20(8-6-18)16-27-13-1-2-14-27/h5-12,22,28H,1-2,13-17,25H2,(H,26,30)/t22-/m0/s1. The second-order valence-electron chi connectivity index (χ2n) is 7.39. The van der Waals surface area contributed by atoms with E-state index in [4.69, 9.17) is 10.8 Å². The molecule has 0 aliphatic carbocycles. The molecular weight excluding hydrogens is 378 g/mol. The number of hydrogen-bond donors (Lipinski definition) is 3. The topological polar surface area (TPSA) is 95.7 Å². The molecule has 156 valence electrons. The SMILES string of the molecule is NC[C@H](NC(=O)c1ccc(C#Cc2ccc(CN3CCCC3)cc2)cc1)C(=O)CO. The molecule has 1 fully saturated rings. The summed E-state index contributed by atoms with van der Waals surface area (Å²) in [6, 6.07) is 14.2. The molecule has 0 saturated carbocycles. The molecule has 30 heavy (non-hydrogen) atoms. The molecule has 1 aliphatic heterocycles. The highest BCUT2D eigenvalue weighted by atomic mass is 16.3. The van der Waals surface area contributed by atoms with Gasteiger partial charge >= 0.3 is 0 Å². The molecule has 1 saturated heterocycles. The highest BCUT2D eigenvalue weighted by Crippen LogP contribution is 2.13. The number of nitrogens with zero attached hydrogens (tertiary/aromatic N) is 1. The fraction of sp³-hybridized carbons (Fsp3) is 0.333. The molecule has 6 heteroatoms. The van der Waals surface area contributed by atoms with Gasteiger partial charge in [-0.3, -0.25) is 14.5 Å². The van der Waals surface area contributed by atoms with Crippen molar-refractivity contribution in [3.05, 3.63) is 70.8 Å². The summed E-state index contributed by atoms with van der Waals surface area (Å²) in [5.41, 5.74) is 8.90. The molecule has 4 N–H and O–H groups in total. The number of amides is 1. The van der Waals surface area contributed by atoms with E-state index in [1.165, 1.54) is 31.5 Å². The summed E-state index contributed by atoms with van der Waals surface area (Å²) in [6.07, 6.45) is 2.58. The summed E-state index contributed by atoms with van der Waals surface area (Å²) in [4.78, 5) is 26.2. The number of carbonyl (C=O) groups is 2. The summed E-state index contributed by atoms with van der Waals surface area (Å²) in [5, 5.41) is 11.4. The first kappa shape index (κ1) is 21.7. The Labute approximate surface area is 177 Å². The number of benzene rings is 2. The molecule has 2 aromatic rings. The second-order valence-corrected chi connectivity index (χ2v) is 7.39. The van der Waals surface area contributed by atoms with Crippen LogP contribution >= 0.6 is 0 Å². The molecule has 6 nitrogen and oxygen atoms in total. The first-order valence-corrected chi connectivity index (χ1v) is 10.2. The van der Waals surface area contributed by atoms with Crippen LogP contribution in [0.4, 0.5) is 0 Å². The number of hydrogen-bond acceptors (Lipinski definition) is 5. The van der Waals surface area contributed by atoms with Crippen LogP contribution in [0.5, 0.6) is 0 Å². The molecular formula is C24H27N3O3. The normalized spacial score (nSPS) is 14.6. The molecule has 0 spiro atoms. The second kappa shape index (κ2) is 10.7. The van der Waals surface area contributed by atoms with Gasteiger partial charge in [0.05, 0.1) is 0 Å². The van der Waals surface area contributed by atoms with Gasteiger partial charge in [0.1, 0.15) is 12.6 Å². The summed E-state index contributed by atoms with van der Waals surface area (Å²) >= 11 is 0. The van der Waals surface area contributed by atoms with Crippen LogP contribution in [-0.2, 0) is 11.3 Å². The van der Waals surface area contributed by atoms with E-state index in [9.17, 15) is 9.59 Å². The van der Waals surface area contributed by atoms with Crippen LogP contribution in [0, 0.1) is 11.8 Å². The molecule has 0 unspecified atom stereocenters. The predicted molar refractivity (Wildman–Crippen MR) is 116 cm³/mol. The third-order valence-corrected chi connectivity index (χ3v) is 5.14. The molecule has 1 amide bonds. The number of ketones is 1. The first-order valence-electron chi connectivity index (χ1n) is 10.2. The van der Waals surface area contributed by atoms with Gasteiger partial charge in [-0.1, -0.05) is 24.0 Å². The Morgan fingerprint density at radius 1 is 1.00 bits per heavy atom. The zero-order chi connectivity index (χ0) is 21.3. The van der Waals surface area contributed by atoms with E-state index < -0.39 is 24.3 Å². The highest BCUT2D eigenvalue weighted by molar-refractivity contribution is 5.98. The van der Waals surface area contributed by atoms with E-state index in [2.05, 4.69) is 34.2 Å². The number of rotatable bonds is 7. The molecule has 1 atom stereocenters. The highest BCUT2D eigenvalue weighted by Gasteiger charge is 2.18. The number of nitrogens with two attached hydrogens (primary N) is 1. The van der Waals surface area contributed by atoms with Crippen molar-refractivity contribution in [3.63, 3.8) is 0 Å². The van der Waals surface area contributed by atoms with Gasteiger partial charge in [-0.15, -0.1) is 0 Å². The lowest BCUT2D eigenvalue weighted by Gasteiger charge is -2.14. The van der Waals surface area contributed by atoms with E-state index >= 15 is 0 Å². The number of nitrogens with one attached hydrogen (secondary N) is 1.